The molecule has 1 N–H and O–H groups in total. The van der Waals surface area contributed by atoms with Gasteiger partial charge in [-0.2, -0.15) is 0 Å². The molecule has 2 rings (SSSR count). The van der Waals surface area contributed by atoms with Gasteiger partial charge in [0.1, 0.15) is 24.2 Å². The number of ether oxygens (including phenoxy) is 1. The molecule has 0 bridgehead atoms. The van der Waals surface area contributed by atoms with Gasteiger partial charge in [-0.1, -0.05) is 26.0 Å². The van der Waals surface area contributed by atoms with Crippen LogP contribution in [0.4, 0.5) is 10.1 Å². The Morgan fingerprint density at radius 2 is 1.79 bits per heavy atom. The number of hydrogen-bond acceptors (Lipinski definition) is 5. The van der Waals surface area contributed by atoms with Crippen LogP contribution in [0.25, 0.3) is 0 Å². The fourth-order valence-electron chi connectivity index (χ4n) is 3.47. The highest BCUT2D eigenvalue weighted by Gasteiger charge is 2.31. The van der Waals surface area contributed by atoms with Gasteiger partial charge in [0.05, 0.1) is 19.1 Å². The van der Waals surface area contributed by atoms with Crippen molar-refractivity contribution in [2.75, 3.05) is 30.8 Å². The van der Waals surface area contributed by atoms with Crippen LogP contribution in [-0.2, 0) is 26.2 Å². The molecule has 1 atom stereocenters. The molecule has 0 aromatic heterocycles. The number of benzene rings is 2. The normalized spacial score (nSPS) is 12.0. The fourth-order valence-corrected chi connectivity index (χ4v) is 4.32. The van der Waals surface area contributed by atoms with Crippen LogP contribution >= 0.6 is 0 Å². The molecule has 2 aromatic rings. The summed E-state index contributed by atoms with van der Waals surface area (Å²) in [7, 11) is -2.34. The quantitative estimate of drug-likeness (QED) is 0.491. The van der Waals surface area contributed by atoms with Gasteiger partial charge in [0.2, 0.25) is 21.8 Å². The minimum atomic E-state index is -3.87. The predicted molar refractivity (Wildman–Crippen MR) is 130 cm³/mol. The first-order chi connectivity index (χ1) is 16.1. The van der Waals surface area contributed by atoms with Crippen molar-refractivity contribution in [3.63, 3.8) is 0 Å². The summed E-state index contributed by atoms with van der Waals surface area (Å²) < 4.78 is 44.5. The molecule has 10 heteroatoms. The molecule has 0 fully saturated rings. The molecule has 8 nitrogen and oxygen atoms in total. The largest absolute Gasteiger partial charge is 0.497 e. The number of nitrogens with one attached hydrogen (secondary N) is 1. The number of carbonyl (C=O) groups is 2. The van der Waals surface area contributed by atoms with E-state index in [1.54, 1.807) is 31.2 Å². The van der Waals surface area contributed by atoms with Crippen molar-refractivity contribution < 1.29 is 27.1 Å². The molecule has 0 aliphatic carbocycles. The predicted octanol–water partition coefficient (Wildman–Crippen LogP) is 2.93. The van der Waals surface area contributed by atoms with E-state index in [9.17, 15) is 22.4 Å². The molecule has 2 amide bonds. The molecular weight excluding hydrogens is 461 g/mol. The van der Waals surface area contributed by atoms with Crippen LogP contribution in [0.5, 0.6) is 5.75 Å². The van der Waals surface area contributed by atoms with Gasteiger partial charge in [-0.25, -0.2) is 12.8 Å². The van der Waals surface area contributed by atoms with Gasteiger partial charge in [-0.05, 0) is 54.8 Å². The monoisotopic (exact) mass is 493 g/mol. The van der Waals surface area contributed by atoms with Crippen LogP contribution in [-0.4, -0.2) is 57.6 Å². The Labute approximate surface area is 200 Å². The number of nitrogens with zero attached hydrogens (tertiary/aromatic N) is 2. The first kappa shape index (κ1) is 27.1. The average Bonchev–Trinajstić information content (AvgIpc) is 2.81. The van der Waals surface area contributed by atoms with Gasteiger partial charge in [0.25, 0.3) is 0 Å². The number of anilines is 1. The van der Waals surface area contributed by atoms with Crippen molar-refractivity contribution in [2.24, 2.45) is 0 Å². The van der Waals surface area contributed by atoms with Gasteiger partial charge in [0, 0.05) is 13.1 Å². The lowest BCUT2D eigenvalue weighted by atomic mass is 10.1. The third kappa shape index (κ3) is 7.44. The van der Waals surface area contributed by atoms with Gasteiger partial charge in [0.15, 0.2) is 0 Å². The van der Waals surface area contributed by atoms with Crippen molar-refractivity contribution in [2.45, 2.75) is 39.3 Å². The summed E-state index contributed by atoms with van der Waals surface area (Å²) in [4.78, 5) is 27.8. The Kier molecular flexibility index (Phi) is 9.85. The highest BCUT2D eigenvalue weighted by molar-refractivity contribution is 7.92. The second-order valence-corrected chi connectivity index (χ2v) is 9.74. The lowest BCUT2D eigenvalue weighted by Gasteiger charge is -2.33. The topological polar surface area (TPSA) is 96.0 Å². The first-order valence-electron chi connectivity index (χ1n) is 11.0. The number of rotatable bonds is 12. The van der Waals surface area contributed by atoms with Gasteiger partial charge < -0.3 is 15.0 Å². The molecule has 2 aromatic carbocycles. The van der Waals surface area contributed by atoms with E-state index in [0.29, 0.717) is 18.7 Å². The van der Waals surface area contributed by atoms with E-state index >= 15 is 0 Å². The van der Waals surface area contributed by atoms with E-state index in [0.717, 1.165) is 34.7 Å². The van der Waals surface area contributed by atoms with Gasteiger partial charge >= 0.3 is 0 Å². The Balaban J connectivity index is 2.42. The third-order valence-electron chi connectivity index (χ3n) is 5.22. The van der Waals surface area contributed by atoms with E-state index in [1.165, 1.54) is 24.1 Å². The van der Waals surface area contributed by atoms with Crippen molar-refractivity contribution in [3.8, 4) is 5.75 Å². The number of carbonyl (C=O) groups excluding carboxylic acids is 2. The van der Waals surface area contributed by atoms with Crippen molar-refractivity contribution in [1.82, 2.24) is 10.2 Å². The Morgan fingerprint density at radius 3 is 2.35 bits per heavy atom. The summed E-state index contributed by atoms with van der Waals surface area (Å²) >= 11 is 0. The maximum Gasteiger partial charge on any atom is 0.244 e. The maximum absolute atomic E-state index is 13.5. The molecule has 0 saturated heterocycles. The van der Waals surface area contributed by atoms with Crippen molar-refractivity contribution in [3.05, 3.63) is 59.9 Å². The van der Waals surface area contributed by atoms with E-state index in [4.69, 9.17) is 4.74 Å². The van der Waals surface area contributed by atoms with Crippen LogP contribution in [0, 0.1) is 5.82 Å². The molecule has 0 saturated carbocycles. The summed E-state index contributed by atoms with van der Waals surface area (Å²) in [5, 5.41) is 2.82. The molecule has 0 aliphatic rings. The summed E-state index contributed by atoms with van der Waals surface area (Å²) in [6.07, 6.45) is 2.04. The number of halogens is 1. The molecule has 0 heterocycles. The van der Waals surface area contributed by atoms with Crippen LogP contribution in [0.2, 0.25) is 0 Å². The molecule has 1 unspecified atom stereocenters. The highest BCUT2D eigenvalue weighted by Crippen LogP contribution is 2.21. The lowest BCUT2D eigenvalue weighted by molar-refractivity contribution is -0.140. The van der Waals surface area contributed by atoms with Gasteiger partial charge in [-0.15, -0.1) is 0 Å². The second-order valence-electron chi connectivity index (χ2n) is 7.83. The summed E-state index contributed by atoms with van der Waals surface area (Å²) in [6, 6.07) is 11.1. The number of amides is 2. The van der Waals surface area contributed by atoms with Crippen molar-refractivity contribution in [1.29, 1.82) is 0 Å². The summed E-state index contributed by atoms with van der Waals surface area (Å²) in [5.41, 5.74) is 0.879. The molecule has 0 aliphatic heterocycles. The van der Waals surface area contributed by atoms with E-state index in [1.807, 2.05) is 6.92 Å². The lowest BCUT2D eigenvalue weighted by Crippen LogP contribution is -2.52. The third-order valence-corrected chi connectivity index (χ3v) is 6.36. The number of hydrogen-bond donors (Lipinski definition) is 1. The standard InChI is InChI=1S/C24H32FN3O5S/c1-5-14-26-24(30)22(6-2)27(16-18-8-7-9-21(15-18)33-3)23(29)17-28(34(4,31)32)20-12-10-19(25)11-13-20/h7-13,15,22H,5-6,14,16-17H2,1-4H3,(H,26,30). The first-order valence-corrected chi connectivity index (χ1v) is 12.9. The molecule has 34 heavy (non-hydrogen) atoms. The Bertz CT molecular complexity index is 1080. The molecular formula is C24H32FN3O5S. The molecule has 0 radical (unpaired) electrons. The average molecular weight is 494 g/mol. The van der Waals surface area contributed by atoms with Crippen LogP contribution in [0.3, 0.4) is 0 Å². The van der Waals surface area contributed by atoms with E-state index in [-0.39, 0.29) is 18.1 Å². The van der Waals surface area contributed by atoms with Gasteiger partial charge in [-0.3, -0.25) is 13.9 Å². The van der Waals surface area contributed by atoms with Crippen LogP contribution in [0.1, 0.15) is 32.3 Å². The Hall–Kier alpha value is -3.14. The zero-order valence-corrected chi connectivity index (χ0v) is 20.8. The minimum Gasteiger partial charge on any atom is -0.497 e. The second kappa shape index (κ2) is 12.4. The molecule has 186 valence electrons. The van der Waals surface area contributed by atoms with E-state index in [2.05, 4.69) is 5.32 Å². The van der Waals surface area contributed by atoms with Crippen LogP contribution < -0.4 is 14.4 Å². The Morgan fingerprint density at radius 1 is 1.12 bits per heavy atom. The summed E-state index contributed by atoms with van der Waals surface area (Å²) in [6.45, 7) is 3.71. The van der Waals surface area contributed by atoms with Crippen LogP contribution in [0.15, 0.2) is 48.5 Å². The maximum atomic E-state index is 13.5. The SMILES string of the molecule is CCCNC(=O)C(CC)N(Cc1cccc(OC)c1)C(=O)CN(c1ccc(F)cc1)S(C)(=O)=O. The highest BCUT2D eigenvalue weighted by atomic mass is 32.2. The van der Waals surface area contributed by atoms with Crippen molar-refractivity contribution >= 4 is 27.5 Å². The zero-order chi connectivity index (χ0) is 25.3. The van der Waals surface area contributed by atoms with E-state index < -0.39 is 34.3 Å². The summed E-state index contributed by atoms with van der Waals surface area (Å²) in [5.74, 6) is -0.802. The number of sulfonamides is 1. The zero-order valence-electron chi connectivity index (χ0n) is 20.0. The fraction of sp³-hybridized carbons (Fsp3) is 0.417. The molecule has 0 spiro atoms. The minimum absolute atomic E-state index is 0.0785. The smallest absolute Gasteiger partial charge is 0.244 e. The number of methoxy groups -OCH3 is 1.